The van der Waals surface area contributed by atoms with Crippen molar-refractivity contribution < 1.29 is 14.3 Å². The molecule has 1 aliphatic rings. The van der Waals surface area contributed by atoms with Crippen molar-refractivity contribution in [1.82, 2.24) is 5.32 Å². The van der Waals surface area contributed by atoms with Crippen LogP contribution >= 0.6 is 0 Å². The van der Waals surface area contributed by atoms with E-state index in [1.807, 2.05) is 19.1 Å². The number of rotatable bonds is 4. The van der Waals surface area contributed by atoms with E-state index >= 15 is 0 Å². The van der Waals surface area contributed by atoms with Gasteiger partial charge in [-0.25, -0.2) is 0 Å². The summed E-state index contributed by atoms with van der Waals surface area (Å²) in [7, 11) is 0. The lowest BCUT2D eigenvalue weighted by Crippen LogP contribution is -2.30. The minimum absolute atomic E-state index is 0.0739. The fourth-order valence-corrected chi connectivity index (χ4v) is 2.01. The minimum atomic E-state index is -0.245. The molecule has 1 aromatic rings. The number of nitrogens with one attached hydrogen (secondary N) is 1. The molecule has 20 heavy (non-hydrogen) atoms. The highest BCUT2D eigenvalue weighted by atomic mass is 16.6. The molecule has 0 saturated heterocycles. The van der Waals surface area contributed by atoms with E-state index in [1.54, 1.807) is 0 Å². The first kappa shape index (κ1) is 14.4. The number of hydrogen-bond donors (Lipinski definition) is 1. The van der Waals surface area contributed by atoms with Gasteiger partial charge in [0, 0.05) is 0 Å². The Balaban J connectivity index is 1.98. The largest absolute Gasteiger partial charge is 0.494 e. The molecule has 1 atom stereocenters. The maximum Gasteiger partial charge on any atom is 0.290 e. The zero-order chi connectivity index (χ0) is 14.5. The molecule has 4 heteroatoms. The Labute approximate surface area is 119 Å². The van der Waals surface area contributed by atoms with Gasteiger partial charge in [0.15, 0.2) is 0 Å². The van der Waals surface area contributed by atoms with Crippen LogP contribution in [-0.4, -0.2) is 19.1 Å². The van der Waals surface area contributed by atoms with E-state index in [0.717, 1.165) is 5.56 Å². The lowest BCUT2D eigenvalue weighted by atomic mass is 9.99. The van der Waals surface area contributed by atoms with Gasteiger partial charge in [0.2, 0.25) is 5.76 Å². The van der Waals surface area contributed by atoms with Crippen LogP contribution in [0.15, 0.2) is 36.3 Å². The van der Waals surface area contributed by atoms with E-state index in [0.29, 0.717) is 19.1 Å². The van der Waals surface area contributed by atoms with Gasteiger partial charge in [0.25, 0.3) is 5.91 Å². The lowest BCUT2D eigenvalue weighted by molar-refractivity contribution is -0.122. The summed E-state index contributed by atoms with van der Waals surface area (Å²) in [5.74, 6) is 0.499. The van der Waals surface area contributed by atoms with E-state index in [4.69, 9.17) is 9.47 Å². The van der Waals surface area contributed by atoms with Gasteiger partial charge in [-0.3, -0.25) is 4.79 Å². The van der Waals surface area contributed by atoms with Crippen molar-refractivity contribution in [2.45, 2.75) is 32.7 Å². The molecule has 1 amide bonds. The van der Waals surface area contributed by atoms with Crippen molar-refractivity contribution in [2.24, 2.45) is 0 Å². The van der Waals surface area contributed by atoms with Gasteiger partial charge in [-0.1, -0.05) is 38.1 Å². The molecule has 1 N–H and O–H groups in total. The van der Waals surface area contributed by atoms with Crippen molar-refractivity contribution in [2.75, 3.05) is 13.2 Å². The Kier molecular flexibility index (Phi) is 4.66. The topological polar surface area (TPSA) is 47.6 Å². The predicted molar refractivity (Wildman–Crippen MR) is 77.1 cm³/mol. The molecule has 0 spiro atoms. The van der Waals surface area contributed by atoms with Gasteiger partial charge < -0.3 is 14.8 Å². The molecule has 0 saturated carbocycles. The normalized spacial score (nSPS) is 15.9. The molecule has 1 heterocycles. The molecule has 0 fully saturated rings. The Bertz CT molecular complexity index is 491. The van der Waals surface area contributed by atoms with E-state index in [2.05, 4.69) is 31.3 Å². The summed E-state index contributed by atoms with van der Waals surface area (Å²) in [6.07, 6.45) is 1.37. The van der Waals surface area contributed by atoms with Crippen LogP contribution in [0.3, 0.4) is 0 Å². The van der Waals surface area contributed by atoms with Gasteiger partial charge in [-0.05, 0) is 24.0 Å². The summed E-state index contributed by atoms with van der Waals surface area (Å²) in [6, 6.07) is 8.22. The molecule has 1 aliphatic heterocycles. The first-order chi connectivity index (χ1) is 9.58. The number of benzene rings is 1. The maximum atomic E-state index is 12.0. The first-order valence-corrected chi connectivity index (χ1v) is 6.93. The number of amides is 1. The standard InChI is InChI=1S/C16H21NO3/c1-11(2)13-4-6-14(7-5-13)12(3)17-16(18)15-10-19-8-9-20-15/h4-7,10-12H,8-9H2,1-3H3,(H,17,18)/t12-/m1/s1. The molecule has 4 nitrogen and oxygen atoms in total. The summed E-state index contributed by atoms with van der Waals surface area (Å²) < 4.78 is 10.3. The maximum absolute atomic E-state index is 12.0. The molecule has 0 unspecified atom stereocenters. The molecule has 0 aliphatic carbocycles. The number of carbonyl (C=O) groups excluding carboxylic acids is 1. The van der Waals surface area contributed by atoms with Crippen LogP contribution in [0.5, 0.6) is 0 Å². The number of hydrogen-bond acceptors (Lipinski definition) is 3. The highest BCUT2D eigenvalue weighted by molar-refractivity contribution is 5.91. The van der Waals surface area contributed by atoms with Gasteiger partial charge in [0.1, 0.15) is 19.5 Å². The van der Waals surface area contributed by atoms with Gasteiger partial charge in [-0.2, -0.15) is 0 Å². The Morgan fingerprint density at radius 2 is 1.75 bits per heavy atom. The summed E-state index contributed by atoms with van der Waals surface area (Å²) in [5, 5.41) is 2.90. The highest BCUT2D eigenvalue weighted by Crippen LogP contribution is 2.19. The molecule has 0 bridgehead atoms. The Morgan fingerprint density at radius 3 is 2.30 bits per heavy atom. The van der Waals surface area contributed by atoms with E-state index in [-0.39, 0.29) is 17.7 Å². The van der Waals surface area contributed by atoms with Gasteiger partial charge >= 0.3 is 0 Å². The third-order valence-electron chi connectivity index (χ3n) is 3.32. The number of ether oxygens (including phenoxy) is 2. The summed E-state index contributed by atoms with van der Waals surface area (Å²) >= 11 is 0. The van der Waals surface area contributed by atoms with E-state index < -0.39 is 0 Å². The van der Waals surface area contributed by atoms with Crippen LogP contribution in [0.2, 0.25) is 0 Å². The van der Waals surface area contributed by atoms with Crippen molar-refractivity contribution in [3.63, 3.8) is 0 Å². The second-order valence-corrected chi connectivity index (χ2v) is 5.22. The first-order valence-electron chi connectivity index (χ1n) is 6.93. The van der Waals surface area contributed by atoms with Crippen LogP contribution in [0.1, 0.15) is 43.9 Å². The lowest BCUT2D eigenvalue weighted by Gasteiger charge is -2.19. The van der Waals surface area contributed by atoms with E-state index in [9.17, 15) is 4.79 Å². The van der Waals surface area contributed by atoms with Crippen LogP contribution in [-0.2, 0) is 14.3 Å². The predicted octanol–water partition coefficient (Wildman–Crippen LogP) is 2.88. The minimum Gasteiger partial charge on any atom is -0.494 e. The summed E-state index contributed by atoms with van der Waals surface area (Å²) in [4.78, 5) is 12.0. The second kappa shape index (κ2) is 6.46. The monoisotopic (exact) mass is 275 g/mol. The van der Waals surface area contributed by atoms with Crippen molar-refractivity contribution >= 4 is 5.91 Å². The quantitative estimate of drug-likeness (QED) is 0.919. The molecule has 2 rings (SSSR count). The van der Waals surface area contributed by atoms with Crippen LogP contribution in [0.25, 0.3) is 0 Å². The third-order valence-corrected chi connectivity index (χ3v) is 3.32. The fraction of sp³-hybridized carbons (Fsp3) is 0.438. The zero-order valence-electron chi connectivity index (χ0n) is 12.2. The van der Waals surface area contributed by atoms with Crippen LogP contribution in [0, 0.1) is 0 Å². The summed E-state index contributed by atoms with van der Waals surface area (Å²) in [6.45, 7) is 7.17. The Hall–Kier alpha value is -1.97. The highest BCUT2D eigenvalue weighted by Gasteiger charge is 2.17. The van der Waals surface area contributed by atoms with Crippen molar-refractivity contribution in [1.29, 1.82) is 0 Å². The molecule has 1 aromatic carbocycles. The van der Waals surface area contributed by atoms with Gasteiger partial charge in [0.05, 0.1) is 6.04 Å². The average Bonchev–Trinajstić information content (AvgIpc) is 2.48. The Morgan fingerprint density at radius 1 is 1.10 bits per heavy atom. The van der Waals surface area contributed by atoms with Gasteiger partial charge in [-0.15, -0.1) is 0 Å². The van der Waals surface area contributed by atoms with Crippen LogP contribution in [0.4, 0.5) is 0 Å². The molecule has 0 radical (unpaired) electrons. The van der Waals surface area contributed by atoms with Crippen molar-refractivity contribution in [3.05, 3.63) is 47.4 Å². The third kappa shape index (κ3) is 3.53. The average molecular weight is 275 g/mol. The molecule has 108 valence electrons. The van der Waals surface area contributed by atoms with E-state index in [1.165, 1.54) is 11.8 Å². The number of carbonyl (C=O) groups is 1. The molecular formula is C16H21NO3. The fourth-order valence-electron chi connectivity index (χ4n) is 2.01. The van der Waals surface area contributed by atoms with Crippen molar-refractivity contribution in [3.8, 4) is 0 Å². The molecule has 0 aromatic heterocycles. The summed E-state index contributed by atoms with van der Waals surface area (Å²) in [5.41, 5.74) is 2.36. The SMILES string of the molecule is CC(C)c1ccc([C@@H](C)NC(=O)C2=COCCO2)cc1. The van der Waals surface area contributed by atoms with Crippen LogP contribution < -0.4 is 5.32 Å². The molecular weight excluding hydrogens is 254 g/mol. The zero-order valence-corrected chi connectivity index (χ0v) is 12.2. The second-order valence-electron chi connectivity index (χ2n) is 5.22. The smallest absolute Gasteiger partial charge is 0.290 e.